The van der Waals surface area contributed by atoms with Gasteiger partial charge in [-0.25, -0.2) is 0 Å². The van der Waals surface area contributed by atoms with E-state index in [0.29, 0.717) is 5.56 Å². The molecule has 74 valence electrons. The van der Waals surface area contributed by atoms with E-state index in [1.165, 1.54) is 13.0 Å². The van der Waals surface area contributed by atoms with Gasteiger partial charge in [-0.1, -0.05) is 0 Å². The SMILES string of the molecule is Cc1c(CC#N)ccnc1C(F)(F)F. The van der Waals surface area contributed by atoms with Gasteiger partial charge in [0.2, 0.25) is 0 Å². The number of nitrogens with zero attached hydrogens (tertiary/aromatic N) is 2. The van der Waals surface area contributed by atoms with Crippen LogP contribution in [-0.2, 0) is 12.6 Å². The largest absolute Gasteiger partial charge is 0.433 e. The van der Waals surface area contributed by atoms with E-state index in [0.717, 1.165) is 6.20 Å². The lowest BCUT2D eigenvalue weighted by atomic mass is 10.1. The van der Waals surface area contributed by atoms with Crippen molar-refractivity contribution in [2.45, 2.75) is 19.5 Å². The molecule has 0 atom stereocenters. The summed E-state index contributed by atoms with van der Waals surface area (Å²) in [7, 11) is 0. The van der Waals surface area contributed by atoms with Gasteiger partial charge in [0.1, 0.15) is 5.69 Å². The molecule has 1 rings (SSSR count). The fraction of sp³-hybridized carbons (Fsp3) is 0.333. The summed E-state index contributed by atoms with van der Waals surface area (Å²) in [6, 6.07) is 3.23. The van der Waals surface area contributed by atoms with Crippen molar-refractivity contribution in [2.75, 3.05) is 0 Å². The molecule has 0 N–H and O–H groups in total. The van der Waals surface area contributed by atoms with Crippen molar-refractivity contribution in [2.24, 2.45) is 0 Å². The third kappa shape index (κ3) is 2.02. The van der Waals surface area contributed by atoms with Crippen molar-refractivity contribution < 1.29 is 13.2 Å². The van der Waals surface area contributed by atoms with E-state index in [1.54, 1.807) is 0 Å². The van der Waals surface area contributed by atoms with Gasteiger partial charge in [-0.2, -0.15) is 18.4 Å². The van der Waals surface area contributed by atoms with Crippen LogP contribution in [0.4, 0.5) is 13.2 Å². The van der Waals surface area contributed by atoms with Gasteiger partial charge in [0.25, 0.3) is 0 Å². The molecule has 5 heteroatoms. The molecule has 1 aromatic rings. The summed E-state index contributed by atoms with van der Waals surface area (Å²) in [4.78, 5) is 3.26. The molecule has 0 fully saturated rings. The third-order valence-electron chi connectivity index (χ3n) is 1.85. The standard InChI is InChI=1S/C9H7F3N2/c1-6-7(2-4-13)3-5-14-8(6)9(10,11)12/h3,5H,2H2,1H3. The Morgan fingerprint density at radius 1 is 1.50 bits per heavy atom. The second-order valence-electron chi connectivity index (χ2n) is 2.78. The van der Waals surface area contributed by atoms with E-state index in [-0.39, 0.29) is 12.0 Å². The Bertz CT molecular complexity index is 377. The molecule has 1 aromatic heterocycles. The van der Waals surface area contributed by atoms with E-state index in [1.807, 2.05) is 6.07 Å². The van der Waals surface area contributed by atoms with E-state index < -0.39 is 11.9 Å². The number of aromatic nitrogens is 1. The summed E-state index contributed by atoms with van der Waals surface area (Å²) in [5.74, 6) is 0. The first-order chi connectivity index (χ1) is 6.46. The zero-order valence-corrected chi connectivity index (χ0v) is 7.39. The Labute approximate surface area is 79.0 Å². The highest BCUT2D eigenvalue weighted by Gasteiger charge is 2.34. The molecule has 14 heavy (non-hydrogen) atoms. The number of hydrogen-bond acceptors (Lipinski definition) is 2. The lowest BCUT2D eigenvalue weighted by Crippen LogP contribution is -2.11. The van der Waals surface area contributed by atoms with Crippen molar-refractivity contribution in [3.63, 3.8) is 0 Å². The lowest BCUT2D eigenvalue weighted by Gasteiger charge is -2.10. The maximum absolute atomic E-state index is 12.3. The van der Waals surface area contributed by atoms with Gasteiger partial charge in [0, 0.05) is 6.20 Å². The van der Waals surface area contributed by atoms with Crippen LogP contribution < -0.4 is 0 Å². The predicted octanol–water partition coefficient (Wildman–Crippen LogP) is 2.47. The van der Waals surface area contributed by atoms with Gasteiger partial charge >= 0.3 is 6.18 Å². The first-order valence-corrected chi connectivity index (χ1v) is 3.85. The number of pyridine rings is 1. The number of hydrogen-bond donors (Lipinski definition) is 0. The Balaban J connectivity index is 3.22. The minimum atomic E-state index is -4.45. The zero-order valence-electron chi connectivity index (χ0n) is 7.39. The van der Waals surface area contributed by atoms with Gasteiger partial charge in [0.05, 0.1) is 12.5 Å². The fourth-order valence-electron chi connectivity index (χ4n) is 1.14. The lowest BCUT2D eigenvalue weighted by molar-refractivity contribution is -0.141. The van der Waals surface area contributed by atoms with Gasteiger partial charge < -0.3 is 0 Å². The van der Waals surface area contributed by atoms with E-state index in [4.69, 9.17) is 5.26 Å². The van der Waals surface area contributed by atoms with Crippen molar-refractivity contribution in [3.05, 3.63) is 29.1 Å². The van der Waals surface area contributed by atoms with Crippen LogP contribution in [0.2, 0.25) is 0 Å². The second-order valence-corrected chi connectivity index (χ2v) is 2.78. The smallest absolute Gasteiger partial charge is 0.251 e. The highest BCUT2D eigenvalue weighted by molar-refractivity contribution is 5.32. The van der Waals surface area contributed by atoms with Gasteiger partial charge in [-0.15, -0.1) is 0 Å². The van der Waals surface area contributed by atoms with Crippen LogP contribution in [0.15, 0.2) is 12.3 Å². The van der Waals surface area contributed by atoms with E-state index in [2.05, 4.69) is 4.98 Å². The first-order valence-electron chi connectivity index (χ1n) is 3.85. The van der Waals surface area contributed by atoms with Gasteiger partial charge in [-0.3, -0.25) is 4.98 Å². The molecule has 1 heterocycles. The number of nitriles is 1. The molecule has 2 nitrogen and oxygen atoms in total. The van der Waals surface area contributed by atoms with Crippen LogP contribution in [0.3, 0.4) is 0 Å². The average molecular weight is 200 g/mol. The van der Waals surface area contributed by atoms with Crippen LogP contribution in [0, 0.1) is 18.3 Å². The molecular formula is C9H7F3N2. The maximum Gasteiger partial charge on any atom is 0.433 e. The van der Waals surface area contributed by atoms with Gasteiger partial charge in [-0.05, 0) is 24.1 Å². The summed E-state index contributed by atoms with van der Waals surface area (Å²) in [6.45, 7) is 1.32. The summed E-state index contributed by atoms with van der Waals surface area (Å²) >= 11 is 0. The predicted molar refractivity (Wildman–Crippen MR) is 43.3 cm³/mol. The minimum absolute atomic E-state index is 0.0292. The van der Waals surface area contributed by atoms with Crippen LogP contribution in [0.1, 0.15) is 16.8 Å². The monoisotopic (exact) mass is 200 g/mol. The van der Waals surface area contributed by atoms with Crippen LogP contribution in [0.5, 0.6) is 0 Å². The third-order valence-corrected chi connectivity index (χ3v) is 1.85. The molecule has 0 aliphatic carbocycles. The van der Waals surface area contributed by atoms with Crippen molar-refractivity contribution >= 4 is 0 Å². The summed E-state index contributed by atoms with van der Waals surface area (Å²) < 4.78 is 37.0. The van der Waals surface area contributed by atoms with Crippen LogP contribution >= 0.6 is 0 Å². The van der Waals surface area contributed by atoms with E-state index >= 15 is 0 Å². The molecule has 0 radical (unpaired) electrons. The zero-order chi connectivity index (χ0) is 10.8. The Kier molecular flexibility index (Phi) is 2.75. The van der Waals surface area contributed by atoms with Crippen LogP contribution in [-0.4, -0.2) is 4.98 Å². The van der Waals surface area contributed by atoms with Gasteiger partial charge in [0.15, 0.2) is 0 Å². The maximum atomic E-state index is 12.3. The summed E-state index contributed by atoms with van der Waals surface area (Å²) in [5.41, 5.74) is -0.512. The average Bonchev–Trinajstić information content (AvgIpc) is 2.07. The molecule has 0 saturated carbocycles. The number of halogens is 3. The number of rotatable bonds is 1. The molecular weight excluding hydrogens is 193 g/mol. The molecule has 0 aliphatic rings. The Morgan fingerprint density at radius 2 is 2.14 bits per heavy atom. The summed E-state index contributed by atoms with van der Waals surface area (Å²) in [6.07, 6.45) is -3.41. The highest BCUT2D eigenvalue weighted by Crippen LogP contribution is 2.30. The van der Waals surface area contributed by atoms with Crippen LogP contribution in [0.25, 0.3) is 0 Å². The highest BCUT2D eigenvalue weighted by atomic mass is 19.4. The second kappa shape index (κ2) is 3.66. The molecule has 0 amide bonds. The molecule has 0 bridgehead atoms. The molecule has 0 unspecified atom stereocenters. The molecule has 0 saturated heterocycles. The molecule has 0 aliphatic heterocycles. The fourth-order valence-corrected chi connectivity index (χ4v) is 1.14. The number of alkyl halides is 3. The Morgan fingerprint density at radius 3 is 2.64 bits per heavy atom. The minimum Gasteiger partial charge on any atom is -0.251 e. The first kappa shape index (κ1) is 10.5. The van der Waals surface area contributed by atoms with Crippen molar-refractivity contribution in [1.29, 1.82) is 5.26 Å². The normalized spacial score (nSPS) is 11.1. The van der Waals surface area contributed by atoms with Crippen molar-refractivity contribution in [3.8, 4) is 6.07 Å². The summed E-state index contributed by atoms with van der Waals surface area (Å²) in [5, 5.41) is 8.39. The topological polar surface area (TPSA) is 36.7 Å². The van der Waals surface area contributed by atoms with Crippen molar-refractivity contribution in [1.82, 2.24) is 4.98 Å². The molecule has 0 spiro atoms. The van der Waals surface area contributed by atoms with E-state index in [9.17, 15) is 13.2 Å². The molecule has 0 aromatic carbocycles. The Hall–Kier alpha value is -1.57. The quantitative estimate of drug-likeness (QED) is 0.698.